The number of fused-ring (bicyclic) bond motifs is 8. The molecule has 0 N–H and O–H groups in total. The molecule has 47 heavy (non-hydrogen) atoms. The van der Waals surface area contributed by atoms with Crippen LogP contribution in [0.2, 0.25) is 0 Å². The van der Waals surface area contributed by atoms with Crippen LogP contribution in [0, 0.1) is 0 Å². The summed E-state index contributed by atoms with van der Waals surface area (Å²) in [6.45, 7) is -0.0417. The molecule has 0 fully saturated rings. The van der Waals surface area contributed by atoms with Gasteiger partial charge in [-0.3, -0.25) is 0 Å². The van der Waals surface area contributed by atoms with Crippen LogP contribution in [0.3, 0.4) is 0 Å². The third-order valence-electron chi connectivity index (χ3n) is 9.94. The molecule has 7 aromatic rings. The Morgan fingerprint density at radius 2 is 1.06 bits per heavy atom. The molecule has 218 valence electrons. The maximum atomic E-state index is 7.16. The third-order valence-corrected chi connectivity index (χ3v) is 9.94. The van der Waals surface area contributed by atoms with Crippen LogP contribution in [0.5, 0.6) is 11.5 Å². The van der Waals surface area contributed by atoms with Crippen LogP contribution in [-0.4, -0.2) is 13.6 Å². The van der Waals surface area contributed by atoms with Crippen molar-refractivity contribution < 1.29 is 4.74 Å². The Kier molecular flexibility index (Phi) is 5.76. The molecule has 3 aliphatic rings. The molecular formula is C42H28B2N2O. The standard InChI is InChI=1S/C42H28B2N2O/c1-4-16-29(17-5-1)44-35-28-38-41-42(40(35)32-22-10-13-25-36(32)46(44)31-20-8-3-9-21-31)47-39-27-15-12-24-34(39)43(41)33-23-11-14-26-37(33)45(38)30-18-6-2-7-19-30/h1-28H. The van der Waals surface area contributed by atoms with E-state index in [2.05, 4.69) is 180 Å². The van der Waals surface area contributed by atoms with Crippen LogP contribution in [0.25, 0.3) is 11.1 Å². The first kappa shape index (κ1) is 26.3. The minimum atomic E-state index is -0.0842. The van der Waals surface area contributed by atoms with Gasteiger partial charge in [-0.05, 0) is 70.4 Å². The lowest BCUT2D eigenvalue weighted by Gasteiger charge is -2.44. The highest BCUT2D eigenvalue weighted by Crippen LogP contribution is 2.48. The maximum absolute atomic E-state index is 7.16. The first-order valence-electron chi connectivity index (χ1n) is 16.3. The van der Waals surface area contributed by atoms with Crippen molar-refractivity contribution >= 4 is 69.3 Å². The highest BCUT2D eigenvalue weighted by molar-refractivity contribution is 7.00. The van der Waals surface area contributed by atoms with Gasteiger partial charge in [0.15, 0.2) is 0 Å². The molecule has 0 aliphatic carbocycles. The molecule has 3 heterocycles. The quantitative estimate of drug-likeness (QED) is 0.204. The summed E-state index contributed by atoms with van der Waals surface area (Å²) in [6, 6.07) is 61.2. The molecule has 0 aromatic heterocycles. The van der Waals surface area contributed by atoms with Crippen molar-refractivity contribution in [3.63, 3.8) is 0 Å². The third kappa shape index (κ3) is 3.83. The number of anilines is 5. The van der Waals surface area contributed by atoms with Crippen LogP contribution in [0.15, 0.2) is 170 Å². The van der Waals surface area contributed by atoms with Gasteiger partial charge in [0.25, 0.3) is 6.71 Å². The van der Waals surface area contributed by atoms with Crippen LogP contribution in [0.4, 0.5) is 28.4 Å². The van der Waals surface area contributed by atoms with E-state index in [1.54, 1.807) is 0 Å². The van der Waals surface area contributed by atoms with Gasteiger partial charge in [-0.2, -0.15) is 0 Å². The Morgan fingerprint density at radius 3 is 1.83 bits per heavy atom. The second-order valence-electron chi connectivity index (χ2n) is 12.4. The summed E-state index contributed by atoms with van der Waals surface area (Å²) in [5.41, 5.74) is 14.3. The normalized spacial score (nSPS) is 13.5. The zero-order chi connectivity index (χ0) is 30.9. The summed E-state index contributed by atoms with van der Waals surface area (Å²) in [5, 5.41) is 0. The van der Waals surface area contributed by atoms with Gasteiger partial charge < -0.3 is 14.4 Å². The summed E-state index contributed by atoms with van der Waals surface area (Å²) in [5.74, 6) is 1.88. The van der Waals surface area contributed by atoms with Gasteiger partial charge in [-0.1, -0.05) is 127 Å². The fourth-order valence-electron chi connectivity index (χ4n) is 8.08. The van der Waals surface area contributed by atoms with E-state index in [0.29, 0.717) is 0 Å². The molecule has 7 aromatic carbocycles. The lowest BCUT2D eigenvalue weighted by Crippen LogP contribution is -2.62. The lowest BCUT2D eigenvalue weighted by atomic mass is 9.33. The molecular weight excluding hydrogens is 570 g/mol. The molecule has 0 saturated heterocycles. The van der Waals surface area contributed by atoms with Crippen molar-refractivity contribution in [2.45, 2.75) is 0 Å². The van der Waals surface area contributed by atoms with Gasteiger partial charge >= 0.3 is 6.85 Å². The smallest absolute Gasteiger partial charge is 0.329 e. The van der Waals surface area contributed by atoms with Crippen molar-refractivity contribution in [2.24, 2.45) is 0 Å². The first-order chi connectivity index (χ1) is 23.4. The van der Waals surface area contributed by atoms with E-state index in [0.717, 1.165) is 28.6 Å². The van der Waals surface area contributed by atoms with Crippen molar-refractivity contribution in [3.05, 3.63) is 170 Å². The molecule has 0 spiro atoms. The number of rotatable bonds is 3. The Bertz CT molecular complexity index is 2310. The molecule has 0 atom stereocenters. The van der Waals surface area contributed by atoms with E-state index in [1.807, 2.05) is 0 Å². The Balaban J connectivity index is 1.36. The van der Waals surface area contributed by atoms with E-state index in [-0.39, 0.29) is 13.6 Å². The summed E-state index contributed by atoms with van der Waals surface area (Å²) in [4.78, 5) is 4.95. The number of hydrogen-bond donors (Lipinski definition) is 0. The van der Waals surface area contributed by atoms with Gasteiger partial charge in [-0.25, -0.2) is 0 Å². The second-order valence-corrected chi connectivity index (χ2v) is 12.4. The van der Waals surface area contributed by atoms with Gasteiger partial charge in [0.05, 0.1) is 0 Å². The van der Waals surface area contributed by atoms with Crippen molar-refractivity contribution in [1.29, 1.82) is 0 Å². The fourth-order valence-corrected chi connectivity index (χ4v) is 8.08. The van der Waals surface area contributed by atoms with E-state index in [1.165, 1.54) is 49.8 Å². The second kappa shape index (κ2) is 10.3. The van der Waals surface area contributed by atoms with Gasteiger partial charge in [0.2, 0.25) is 0 Å². The molecule has 0 bridgehead atoms. The van der Waals surface area contributed by atoms with Gasteiger partial charge in [0.1, 0.15) is 11.5 Å². The van der Waals surface area contributed by atoms with Crippen LogP contribution >= 0.6 is 0 Å². The number of ether oxygens (including phenoxy) is 1. The average Bonchev–Trinajstić information content (AvgIpc) is 3.15. The molecule has 3 nitrogen and oxygen atoms in total. The Hall–Kier alpha value is -5.93. The summed E-state index contributed by atoms with van der Waals surface area (Å²) >= 11 is 0. The highest BCUT2D eigenvalue weighted by Gasteiger charge is 2.47. The topological polar surface area (TPSA) is 15.7 Å². The van der Waals surface area contributed by atoms with Crippen molar-refractivity contribution in [1.82, 2.24) is 0 Å². The molecule has 0 unspecified atom stereocenters. The number of benzene rings is 7. The molecule has 10 rings (SSSR count). The maximum Gasteiger partial charge on any atom is 0.329 e. The van der Waals surface area contributed by atoms with Gasteiger partial charge in [0, 0.05) is 39.6 Å². The Labute approximate surface area is 275 Å². The number of nitrogens with zero attached hydrogens (tertiary/aromatic N) is 2. The Morgan fingerprint density at radius 1 is 0.468 bits per heavy atom. The average molecular weight is 598 g/mol. The minimum absolute atomic E-state index is 0.0425. The molecule has 0 saturated carbocycles. The predicted octanol–water partition coefficient (Wildman–Crippen LogP) is 7.02. The van der Waals surface area contributed by atoms with Crippen LogP contribution in [0.1, 0.15) is 0 Å². The number of hydrogen-bond acceptors (Lipinski definition) is 3. The first-order valence-corrected chi connectivity index (χ1v) is 16.3. The van der Waals surface area contributed by atoms with E-state index >= 15 is 0 Å². The zero-order valence-corrected chi connectivity index (χ0v) is 25.6. The summed E-state index contributed by atoms with van der Waals surface area (Å²) in [7, 11) is 0. The molecule has 3 aliphatic heterocycles. The minimum Gasteiger partial charge on any atom is -0.458 e. The SMILES string of the molecule is c1ccc(B2c3cc4c5c(c3-c3ccccc3N2c2ccccc2)Oc2ccccc2B5c2ccccc2N4c2ccccc2)cc1. The van der Waals surface area contributed by atoms with Gasteiger partial charge in [-0.15, -0.1) is 0 Å². The van der Waals surface area contributed by atoms with Crippen LogP contribution in [-0.2, 0) is 0 Å². The van der Waals surface area contributed by atoms with Crippen molar-refractivity contribution in [2.75, 3.05) is 9.71 Å². The van der Waals surface area contributed by atoms with E-state index < -0.39 is 0 Å². The lowest BCUT2D eigenvalue weighted by molar-refractivity contribution is 0.489. The van der Waals surface area contributed by atoms with E-state index in [9.17, 15) is 0 Å². The summed E-state index contributed by atoms with van der Waals surface area (Å²) < 4.78 is 7.16. The molecule has 0 radical (unpaired) electrons. The molecule has 0 amide bonds. The predicted molar refractivity (Wildman–Crippen MR) is 198 cm³/mol. The summed E-state index contributed by atoms with van der Waals surface area (Å²) in [6.07, 6.45) is 0. The number of para-hydroxylation sites is 5. The fraction of sp³-hybridized carbons (Fsp3) is 0. The monoisotopic (exact) mass is 598 g/mol. The molecule has 5 heteroatoms. The largest absolute Gasteiger partial charge is 0.458 e. The van der Waals surface area contributed by atoms with Crippen LogP contribution < -0.4 is 41.8 Å². The van der Waals surface area contributed by atoms with Crippen molar-refractivity contribution in [3.8, 4) is 22.6 Å². The zero-order valence-electron chi connectivity index (χ0n) is 25.6. The van der Waals surface area contributed by atoms with E-state index in [4.69, 9.17) is 4.74 Å². The highest BCUT2D eigenvalue weighted by atomic mass is 16.5.